The Bertz CT molecular complexity index is 975. The quantitative estimate of drug-likeness (QED) is 0.425. The van der Waals surface area contributed by atoms with Gasteiger partial charge in [0.05, 0.1) is 18.9 Å². The Morgan fingerprint density at radius 2 is 1.79 bits per heavy atom. The van der Waals surface area contributed by atoms with E-state index in [0.717, 1.165) is 15.6 Å². The zero-order valence-corrected chi connectivity index (χ0v) is 16.8. The lowest BCUT2D eigenvalue weighted by Gasteiger charge is -2.10. The number of nitrogens with one attached hydrogen (secondary N) is 1. The lowest BCUT2D eigenvalue weighted by atomic mass is 10.2. The van der Waals surface area contributed by atoms with E-state index in [-0.39, 0.29) is 5.91 Å². The number of carbonyl (C=O) groups is 1. The number of amides is 1. The Morgan fingerprint density at radius 3 is 2.57 bits per heavy atom. The van der Waals surface area contributed by atoms with E-state index in [4.69, 9.17) is 9.47 Å². The van der Waals surface area contributed by atoms with Gasteiger partial charge in [-0.2, -0.15) is 5.10 Å². The molecule has 0 radical (unpaired) electrons. The third-order valence-corrected chi connectivity index (χ3v) is 4.42. The molecule has 0 aromatic heterocycles. The van der Waals surface area contributed by atoms with Crippen molar-refractivity contribution in [3.05, 3.63) is 94.0 Å². The number of hydrogen-bond acceptors (Lipinski definition) is 4. The molecule has 142 valence electrons. The van der Waals surface area contributed by atoms with Crippen molar-refractivity contribution < 1.29 is 14.3 Å². The monoisotopic (exact) mass is 438 g/mol. The van der Waals surface area contributed by atoms with E-state index in [9.17, 15) is 4.79 Å². The van der Waals surface area contributed by atoms with Crippen LogP contribution in [0.1, 0.15) is 21.5 Å². The van der Waals surface area contributed by atoms with E-state index in [1.165, 1.54) is 6.21 Å². The molecule has 28 heavy (non-hydrogen) atoms. The molecule has 0 aliphatic rings. The van der Waals surface area contributed by atoms with Gasteiger partial charge in [0.25, 0.3) is 5.91 Å². The van der Waals surface area contributed by atoms with Crippen molar-refractivity contribution in [3.63, 3.8) is 0 Å². The minimum atomic E-state index is -0.353. The fourth-order valence-corrected chi connectivity index (χ4v) is 2.92. The minimum Gasteiger partial charge on any atom is -0.496 e. The molecule has 0 aliphatic carbocycles. The number of benzene rings is 3. The summed E-state index contributed by atoms with van der Waals surface area (Å²) in [6.45, 7) is 0.379. The molecule has 3 rings (SSSR count). The lowest BCUT2D eigenvalue weighted by molar-refractivity contribution is 0.0950. The molecule has 0 fully saturated rings. The second-order valence-corrected chi connectivity index (χ2v) is 6.77. The van der Waals surface area contributed by atoms with Gasteiger partial charge >= 0.3 is 0 Å². The molecule has 0 spiro atoms. The Hall–Kier alpha value is -3.12. The van der Waals surface area contributed by atoms with E-state index in [1.54, 1.807) is 25.3 Å². The number of rotatable bonds is 7. The van der Waals surface area contributed by atoms with Gasteiger partial charge in [-0.15, -0.1) is 0 Å². The lowest BCUT2D eigenvalue weighted by Crippen LogP contribution is -2.18. The summed E-state index contributed by atoms with van der Waals surface area (Å²) in [6.07, 6.45) is 1.54. The van der Waals surface area contributed by atoms with Gasteiger partial charge in [-0.3, -0.25) is 4.79 Å². The first-order chi connectivity index (χ1) is 13.7. The van der Waals surface area contributed by atoms with Gasteiger partial charge in [0.15, 0.2) is 0 Å². The molecule has 0 aliphatic heterocycles. The highest BCUT2D eigenvalue weighted by Crippen LogP contribution is 2.22. The maximum Gasteiger partial charge on any atom is 0.275 e. The zero-order chi connectivity index (χ0) is 19.8. The molecule has 3 aromatic rings. The highest BCUT2D eigenvalue weighted by Gasteiger charge is 2.11. The molecule has 0 heterocycles. The van der Waals surface area contributed by atoms with Gasteiger partial charge in [-0.25, -0.2) is 5.43 Å². The predicted molar refractivity (Wildman–Crippen MR) is 113 cm³/mol. The van der Waals surface area contributed by atoms with Crippen LogP contribution < -0.4 is 14.9 Å². The normalized spacial score (nSPS) is 10.6. The number of hydrogen-bond donors (Lipinski definition) is 1. The summed E-state index contributed by atoms with van der Waals surface area (Å²) in [5.41, 5.74) is 4.72. The Morgan fingerprint density at radius 1 is 1.04 bits per heavy atom. The second kappa shape index (κ2) is 9.71. The van der Waals surface area contributed by atoms with Gasteiger partial charge in [0.2, 0.25) is 0 Å². The molecule has 5 nitrogen and oxygen atoms in total. The van der Waals surface area contributed by atoms with Crippen LogP contribution in [0.15, 0.2) is 82.4 Å². The maximum absolute atomic E-state index is 12.5. The first-order valence-corrected chi connectivity index (χ1v) is 9.39. The van der Waals surface area contributed by atoms with Crippen molar-refractivity contribution in [2.45, 2.75) is 6.61 Å². The van der Waals surface area contributed by atoms with Crippen LogP contribution >= 0.6 is 15.9 Å². The van der Waals surface area contributed by atoms with Crippen molar-refractivity contribution in [3.8, 4) is 11.5 Å². The van der Waals surface area contributed by atoms with Crippen molar-refractivity contribution in [1.82, 2.24) is 5.43 Å². The number of para-hydroxylation sites is 1. The summed E-state index contributed by atoms with van der Waals surface area (Å²) in [4.78, 5) is 12.5. The van der Waals surface area contributed by atoms with Crippen molar-refractivity contribution >= 4 is 28.1 Å². The average molecular weight is 439 g/mol. The zero-order valence-electron chi connectivity index (χ0n) is 15.3. The standard InChI is InChI=1S/C22H19BrN2O3/c1-27-20-12-11-18(23)13-17(20)14-24-25-22(26)19-9-5-6-10-21(19)28-15-16-7-3-2-4-8-16/h2-14H,15H2,1H3,(H,25,26)/b24-14-. The molecule has 3 aromatic carbocycles. The number of halogens is 1. The molecule has 1 amide bonds. The SMILES string of the molecule is COc1ccc(Br)cc1/C=N\NC(=O)c1ccccc1OCc1ccccc1. The van der Waals surface area contributed by atoms with Crippen molar-refractivity contribution in [1.29, 1.82) is 0 Å². The molecule has 0 saturated heterocycles. The van der Waals surface area contributed by atoms with Gasteiger partial charge in [-0.1, -0.05) is 58.4 Å². The van der Waals surface area contributed by atoms with Crippen LogP contribution in [-0.4, -0.2) is 19.2 Å². The highest BCUT2D eigenvalue weighted by atomic mass is 79.9. The molecule has 6 heteroatoms. The molecular formula is C22H19BrN2O3. The Balaban J connectivity index is 1.69. The summed E-state index contributed by atoms with van der Waals surface area (Å²) < 4.78 is 12.0. The third-order valence-electron chi connectivity index (χ3n) is 3.93. The van der Waals surface area contributed by atoms with Gasteiger partial charge < -0.3 is 9.47 Å². The van der Waals surface area contributed by atoms with Gasteiger partial charge in [0.1, 0.15) is 18.1 Å². The summed E-state index contributed by atoms with van der Waals surface area (Å²) in [5, 5.41) is 4.05. The van der Waals surface area contributed by atoms with E-state index in [0.29, 0.717) is 23.7 Å². The Kier molecular flexibility index (Phi) is 6.81. The average Bonchev–Trinajstić information content (AvgIpc) is 2.73. The van der Waals surface area contributed by atoms with E-state index in [2.05, 4.69) is 26.5 Å². The van der Waals surface area contributed by atoms with Crippen LogP contribution in [0, 0.1) is 0 Å². The first-order valence-electron chi connectivity index (χ1n) is 8.60. The van der Waals surface area contributed by atoms with E-state index in [1.807, 2.05) is 54.6 Å². The number of ether oxygens (including phenoxy) is 2. The Labute approximate surface area is 172 Å². The highest BCUT2D eigenvalue weighted by molar-refractivity contribution is 9.10. The summed E-state index contributed by atoms with van der Waals surface area (Å²) in [6, 6.07) is 22.4. The maximum atomic E-state index is 12.5. The molecule has 0 saturated carbocycles. The van der Waals surface area contributed by atoms with Crippen LogP contribution in [0.25, 0.3) is 0 Å². The molecule has 0 unspecified atom stereocenters. The number of methoxy groups -OCH3 is 1. The van der Waals surface area contributed by atoms with Crippen LogP contribution in [0.2, 0.25) is 0 Å². The number of carbonyl (C=O) groups excluding carboxylic acids is 1. The summed E-state index contributed by atoms with van der Waals surface area (Å²) in [7, 11) is 1.58. The molecular weight excluding hydrogens is 420 g/mol. The fraction of sp³-hybridized carbons (Fsp3) is 0.0909. The van der Waals surface area contributed by atoms with Gasteiger partial charge in [0, 0.05) is 10.0 Å². The van der Waals surface area contributed by atoms with Gasteiger partial charge in [-0.05, 0) is 35.9 Å². The van der Waals surface area contributed by atoms with E-state index >= 15 is 0 Å². The van der Waals surface area contributed by atoms with Crippen LogP contribution in [0.4, 0.5) is 0 Å². The van der Waals surface area contributed by atoms with Crippen LogP contribution in [-0.2, 0) is 6.61 Å². The second-order valence-electron chi connectivity index (χ2n) is 5.86. The van der Waals surface area contributed by atoms with Crippen molar-refractivity contribution in [2.24, 2.45) is 5.10 Å². The third kappa shape index (κ3) is 5.20. The molecule has 1 N–H and O–H groups in total. The summed E-state index contributed by atoms with van der Waals surface area (Å²) in [5.74, 6) is 0.806. The summed E-state index contributed by atoms with van der Waals surface area (Å²) >= 11 is 3.41. The fourth-order valence-electron chi connectivity index (χ4n) is 2.54. The van der Waals surface area contributed by atoms with E-state index < -0.39 is 0 Å². The van der Waals surface area contributed by atoms with Crippen LogP contribution in [0.5, 0.6) is 11.5 Å². The number of hydrazone groups is 1. The van der Waals surface area contributed by atoms with Crippen molar-refractivity contribution in [2.75, 3.05) is 7.11 Å². The molecule has 0 atom stereocenters. The minimum absolute atomic E-state index is 0.353. The van der Waals surface area contributed by atoms with Crippen LogP contribution in [0.3, 0.4) is 0 Å². The topological polar surface area (TPSA) is 59.9 Å². The largest absolute Gasteiger partial charge is 0.496 e. The predicted octanol–water partition coefficient (Wildman–Crippen LogP) is 4.80. The smallest absolute Gasteiger partial charge is 0.275 e. The molecule has 0 bridgehead atoms. The first kappa shape index (κ1) is 19.6. The number of nitrogens with zero attached hydrogens (tertiary/aromatic N) is 1.